The van der Waals surface area contributed by atoms with E-state index in [2.05, 4.69) is 26.6 Å². The molecule has 210 valence electrons. The van der Waals surface area contributed by atoms with Crippen LogP contribution in [0.2, 0.25) is 0 Å². The van der Waals surface area contributed by atoms with Gasteiger partial charge in [0.15, 0.2) is 0 Å². The third-order valence-electron chi connectivity index (χ3n) is 6.59. The van der Waals surface area contributed by atoms with Crippen molar-refractivity contribution >= 4 is 28.3 Å². The molecule has 0 saturated carbocycles. The molecule has 4 aromatic rings. The first-order chi connectivity index (χ1) is 20.1. The lowest BCUT2D eigenvalue weighted by Gasteiger charge is -2.26. The van der Waals surface area contributed by atoms with E-state index >= 15 is 0 Å². The Morgan fingerprint density at radius 3 is 2.32 bits per heavy atom. The lowest BCUT2D eigenvalue weighted by Crippen LogP contribution is -2.37. The second-order valence-electron chi connectivity index (χ2n) is 9.38. The van der Waals surface area contributed by atoms with E-state index in [0.29, 0.717) is 57.4 Å². The second kappa shape index (κ2) is 13.5. The van der Waals surface area contributed by atoms with Crippen molar-refractivity contribution in [3.8, 4) is 29.1 Å². The van der Waals surface area contributed by atoms with Gasteiger partial charge in [-0.2, -0.15) is 5.26 Å². The first-order valence-electron chi connectivity index (χ1n) is 13.4. The molecular weight excluding hydrogens is 522 g/mol. The Labute approximate surface area is 238 Å². The molecule has 10 nitrogen and oxygen atoms in total. The zero-order chi connectivity index (χ0) is 28.4. The highest BCUT2D eigenvalue weighted by atomic mass is 16.5. The Hall–Kier alpha value is -4.85. The van der Waals surface area contributed by atoms with Crippen molar-refractivity contribution in [2.24, 2.45) is 0 Å². The highest BCUT2D eigenvalue weighted by Gasteiger charge is 2.13. The summed E-state index contributed by atoms with van der Waals surface area (Å²) >= 11 is 0. The number of carbonyl (C=O) groups is 1. The Balaban J connectivity index is 1.20. The maximum Gasteiger partial charge on any atom is 0.323 e. The minimum absolute atomic E-state index is 0.368. The standard InChI is InChI=1S/C31H31N5O5/c1-38-25-7-3-23(4-8-25)34-31(37)35-24-5-9-26(10-6-24)41-29-11-12-33-28-20-30(22(21-32)19-27(28)29)40-16-2-13-36-14-17-39-18-15-36/h3-12,19-20H,2,13-18H2,1H3,(H2,34,35,37). The molecule has 0 radical (unpaired) electrons. The maximum absolute atomic E-state index is 12.4. The van der Waals surface area contributed by atoms with Crippen LogP contribution < -0.4 is 24.8 Å². The molecule has 1 aliphatic heterocycles. The molecule has 0 unspecified atom stereocenters. The number of morpholine rings is 1. The van der Waals surface area contributed by atoms with Gasteiger partial charge >= 0.3 is 6.03 Å². The number of nitrogens with zero attached hydrogens (tertiary/aromatic N) is 3. The molecule has 1 aromatic heterocycles. The van der Waals surface area contributed by atoms with E-state index < -0.39 is 0 Å². The van der Waals surface area contributed by atoms with E-state index in [0.717, 1.165) is 39.3 Å². The quantitative estimate of drug-likeness (QED) is 0.242. The first kappa shape index (κ1) is 27.7. The minimum atomic E-state index is -0.368. The molecule has 1 saturated heterocycles. The van der Waals surface area contributed by atoms with Gasteiger partial charge < -0.3 is 29.6 Å². The summed E-state index contributed by atoms with van der Waals surface area (Å²) in [6, 6.07) is 21.2. The average molecular weight is 554 g/mol. The number of urea groups is 1. The van der Waals surface area contributed by atoms with Crippen LogP contribution in [-0.4, -0.2) is 62.5 Å². The van der Waals surface area contributed by atoms with Gasteiger partial charge in [-0.3, -0.25) is 9.88 Å². The van der Waals surface area contributed by atoms with E-state index in [1.54, 1.807) is 80.0 Å². The number of amides is 2. The van der Waals surface area contributed by atoms with Crippen LogP contribution in [0.3, 0.4) is 0 Å². The van der Waals surface area contributed by atoms with Gasteiger partial charge in [0.25, 0.3) is 0 Å². The zero-order valence-electron chi connectivity index (χ0n) is 22.8. The summed E-state index contributed by atoms with van der Waals surface area (Å²) in [6.07, 6.45) is 2.51. The molecule has 0 spiro atoms. The number of methoxy groups -OCH3 is 1. The molecule has 3 aromatic carbocycles. The molecule has 41 heavy (non-hydrogen) atoms. The van der Waals surface area contributed by atoms with Crippen molar-refractivity contribution in [1.29, 1.82) is 5.26 Å². The van der Waals surface area contributed by atoms with Crippen LogP contribution in [0.1, 0.15) is 12.0 Å². The lowest BCUT2D eigenvalue weighted by atomic mass is 10.1. The number of nitriles is 1. The van der Waals surface area contributed by atoms with Crippen LogP contribution in [-0.2, 0) is 4.74 Å². The number of pyridine rings is 1. The normalized spacial score (nSPS) is 13.3. The molecule has 10 heteroatoms. The van der Waals surface area contributed by atoms with Crippen molar-refractivity contribution in [1.82, 2.24) is 9.88 Å². The van der Waals surface area contributed by atoms with Crippen LogP contribution in [0, 0.1) is 11.3 Å². The fourth-order valence-electron chi connectivity index (χ4n) is 4.44. The third-order valence-corrected chi connectivity index (χ3v) is 6.59. The van der Waals surface area contributed by atoms with Crippen molar-refractivity contribution in [3.05, 3.63) is 78.5 Å². The van der Waals surface area contributed by atoms with Crippen molar-refractivity contribution in [2.45, 2.75) is 6.42 Å². The molecule has 0 aliphatic carbocycles. The minimum Gasteiger partial charge on any atom is -0.497 e. The molecule has 1 fully saturated rings. The molecule has 0 bridgehead atoms. The number of nitrogens with one attached hydrogen (secondary N) is 2. The number of fused-ring (bicyclic) bond motifs is 1. The number of hydrogen-bond acceptors (Lipinski definition) is 8. The van der Waals surface area contributed by atoms with E-state index in [1.165, 1.54) is 0 Å². The molecule has 0 atom stereocenters. The Bertz CT molecular complexity index is 1510. The predicted molar refractivity (Wildman–Crippen MR) is 156 cm³/mol. The van der Waals surface area contributed by atoms with Gasteiger partial charge in [-0.25, -0.2) is 4.79 Å². The Morgan fingerprint density at radius 1 is 0.976 bits per heavy atom. The number of ether oxygens (including phenoxy) is 4. The van der Waals surface area contributed by atoms with Gasteiger partial charge in [0.1, 0.15) is 29.1 Å². The largest absolute Gasteiger partial charge is 0.497 e. The van der Waals surface area contributed by atoms with Gasteiger partial charge in [0.05, 0.1) is 38.0 Å². The predicted octanol–water partition coefficient (Wildman–Crippen LogP) is 5.65. The van der Waals surface area contributed by atoms with Gasteiger partial charge in [-0.15, -0.1) is 0 Å². The van der Waals surface area contributed by atoms with E-state index in [1.807, 2.05) is 0 Å². The fourth-order valence-corrected chi connectivity index (χ4v) is 4.44. The summed E-state index contributed by atoms with van der Waals surface area (Å²) in [4.78, 5) is 19.2. The van der Waals surface area contributed by atoms with Crippen LogP contribution in [0.5, 0.6) is 23.0 Å². The summed E-state index contributed by atoms with van der Waals surface area (Å²) in [5, 5.41) is 16.1. The van der Waals surface area contributed by atoms with E-state index in [4.69, 9.17) is 18.9 Å². The Morgan fingerprint density at radius 2 is 1.66 bits per heavy atom. The van der Waals surface area contributed by atoms with Gasteiger partial charge in [-0.05, 0) is 67.1 Å². The number of rotatable bonds is 10. The van der Waals surface area contributed by atoms with Gasteiger partial charge in [0.2, 0.25) is 0 Å². The average Bonchev–Trinajstić information content (AvgIpc) is 3.01. The van der Waals surface area contributed by atoms with Crippen molar-refractivity contribution < 1.29 is 23.7 Å². The summed E-state index contributed by atoms with van der Waals surface area (Å²) in [5.41, 5.74) is 2.33. The summed E-state index contributed by atoms with van der Waals surface area (Å²) in [5.74, 6) is 2.35. The number of aromatic nitrogens is 1. The van der Waals surface area contributed by atoms with E-state index in [9.17, 15) is 10.1 Å². The van der Waals surface area contributed by atoms with Crippen LogP contribution >= 0.6 is 0 Å². The second-order valence-corrected chi connectivity index (χ2v) is 9.38. The molecule has 2 N–H and O–H groups in total. The van der Waals surface area contributed by atoms with Crippen molar-refractivity contribution in [2.75, 3.05) is 57.2 Å². The molecule has 5 rings (SSSR count). The molecule has 1 aliphatic rings. The number of carbonyl (C=O) groups excluding carboxylic acids is 1. The topological polar surface area (TPSA) is 118 Å². The smallest absolute Gasteiger partial charge is 0.323 e. The summed E-state index contributed by atoms with van der Waals surface area (Å²) < 4.78 is 22.6. The number of anilines is 2. The van der Waals surface area contributed by atoms with E-state index in [-0.39, 0.29) is 6.03 Å². The maximum atomic E-state index is 12.4. The molecular formula is C31H31N5O5. The highest BCUT2D eigenvalue weighted by molar-refractivity contribution is 5.99. The summed E-state index contributed by atoms with van der Waals surface area (Å²) in [6.45, 7) is 4.84. The van der Waals surface area contributed by atoms with Crippen LogP contribution in [0.25, 0.3) is 10.9 Å². The molecule has 2 heterocycles. The number of benzene rings is 3. The Kier molecular flexibility index (Phi) is 9.11. The van der Waals surface area contributed by atoms with Crippen LogP contribution in [0.4, 0.5) is 16.2 Å². The van der Waals surface area contributed by atoms with Gasteiger partial charge in [-0.1, -0.05) is 0 Å². The SMILES string of the molecule is COc1ccc(NC(=O)Nc2ccc(Oc3ccnc4cc(OCCCN5CCOCC5)c(C#N)cc34)cc2)cc1. The molecule has 2 amide bonds. The van der Waals surface area contributed by atoms with Crippen molar-refractivity contribution in [3.63, 3.8) is 0 Å². The summed E-state index contributed by atoms with van der Waals surface area (Å²) in [7, 11) is 1.59. The third kappa shape index (κ3) is 7.42. The highest BCUT2D eigenvalue weighted by Crippen LogP contribution is 2.33. The first-order valence-corrected chi connectivity index (χ1v) is 13.4. The van der Waals surface area contributed by atoms with Gasteiger partial charge in [0, 0.05) is 48.7 Å². The fraction of sp³-hybridized carbons (Fsp3) is 0.258. The lowest BCUT2D eigenvalue weighted by molar-refractivity contribution is 0.0358. The van der Waals surface area contributed by atoms with Crippen LogP contribution in [0.15, 0.2) is 72.9 Å². The zero-order valence-corrected chi connectivity index (χ0v) is 22.8. The monoisotopic (exact) mass is 553 g/mol. The number of hydrogen-bond donors (Lipinski definition) is 2.